The van der Waals surface area contributed by atoms with Crippen LogP contribution in [-0.2, 0) is 0 Å². The molecule has 0 saturated heterocycles. The van der Waals surface area contributed by atoms with E-state index < -0.39 is 0 Å². The number of carbonyl (C=O) groups is 1. The number of rotatable bonds is 6. The van der Waals surface area contributed by atoms with Gasteiger partial charge in [-0.2, -0.15) is 0 Å². The van der Waals surface area contributed by atoms with Gasteiger partial charge in [0, 0.05) is 35.6 Å². The monoisotopic (exact) mass is 484 g/mol. The Morgan fingerprint density at radius 3 is 2.76 bits per heavy atom. The number of nitrogens with zero attached hydrogens (tertiary/aromatic N) is 5. The maximum absolute atomic E-state index is 13.0. The number of imidazole rings is 1. The minimum Gasteiger partial charge on any atom is -0.393 e. The second-order valence-electron chi connectivity index (χ2n) is 7.76. The lowest BCUT2D eigenvalue weighted by atomic mass is 9.93. The number of amides is 1. The third kappa shape index (κ3) is 4.90. The van der Waals surface area contributed by atoms with E-state index in [1.54, 1.807) is 18.3 Å². The Labute approximate surface area is 198 Å². The second-order valence-corrected chi connectivity index (χ2v) is 9.04. The van der Waals surface area contributed by atoms with E-state index in [2.05, 4.69) is 36.0 Å². The predicted molar refractivity (Wildman–Crippen MR) is 127 cm³/mol. The van der Waals surface area contributed by atoms with Gasteiger partial charge in [-0.25, -0.2) is 19.5 Å². The molecule has 12 heteroatoms. The number of fused-ring (bicyclic) bond motifs is 1. The smallest absolute Gasteiger partial charge is 0.276 e. The lowest BCUT2D eigenvalue weighted by molar-refractivity contribution is 0.102. The van der Waals surface area contributed by atoms with Crippen molar-refractivity contribution in [3.05, 3.63) is 53.0 Å². The van der Waals surface area contributed by atoms with Gasteiger partial charge in [-0.15, -0.1) is 16.4 Å². The predicted octanol–water partition coefficient (Wildman–Crippen LogP) is 3.95. The van der Waals surface area contributed by atoms with E-state index in [1.165, 1.54) is 28.2 Å². The van der Waals surface area contributed by atoms with Crippen LogP contribution in [0.15, 0.2) is 42.2 Å². The quantitative estimate of drug-likeness (QED) is 0.303. The van der Waals surface area contributed by atoms with Crippen LogP contribution in [-0.4, -0.2) is 47.7 Å². The molecule has 0 unspecified atom stereocenters. The van der Waals surface area contributed by atoms with Crippen LogP contribution in [0.4, 0.5) is 22.3 Å². The molecule has 4 aromatic heterocycles. The molecule has 0 aromatic carbocycles. The molecule has 0 atom stereocenters. The van der Waals surface area contributed by atoms with Gasteiger partial charge in [-0.05, 0) is 37.8 Å². The first-order chi connectivity index (χ1) is 16.0. The average Bonchev–Trinajstić information content (AvgIpc) is 3.45. The summed E-state index contributed by atoms with van der Waals surface area (Å²) in [5.41, 5.74) is 1.95. The molecule has 4 N–H and O–H groups in total. The van der Waals surface area contributed by atoms with Gasteiger partial charge in [0.25, 0.3) is 5.91 Å². The number of thiazole rings is 1. The highest BCUT2D eigenvalue weighted by atomic mass is 35.5. The Bertz CT molecular complexity index is 1270. The second kappa shape index (κ2) is 9.30. The van der Waals surface area contributed by atoms with Crippen LogP contribution < -0.4 is 16.0 Å². The van der Waals surface area contributed by atoms with Crippen LogP contribution in [0.3, 0.4) is 0 Å². The Hall–Kier alpha value is -3.28. The van der Waals surface area contributed by atoms with Gasteiger partial charge in [0.1, 0.15) is 11.0 Å². The molecule has 1 aliphatic carbocycles. The van der Waals surface area contributed by atoms with E-state index >= 15 is 0 Å². The molecular weight excluding hydrogens is 464 g/mol. The van der Waals surface area contributed by atoms with Crippen LogP contribution >= 0.6 is 22.9 Å². The van der Waals surface area contributed by atoms with Crippen molar-refractivity contribution in [2.45, 2.75) is 37.8 Å². The molecule has 0 aliphatic heterocycles. The highest BCUT2D eigenvalue weighted by Crippen LogP contribution is 2.28. The minimum atomic E-state index is -0.379. The summed E-state index contributed by atoms with van der Waals surface area (Å²) in [6, 6.07) is 5.26. The van der Waals surface area contributed by atoms with Gasteiger partial charge in [0.05, 0.1) is 18.0 Å². The summed E-state index contributed by atoms with van der Waals surface area (Å²) in [6.45, 7) is 0. The fourth-order valence-electron chi connectivity index (χ4n) is 3.79. The molecule has 1 aliphatic rings. The highest BCUT2D eigenvalue weighted by Gasteiger charge is 2.22. The van der Waals surface area contributed by atoms with Crippen molar-refractivity contribution >= 4 is 56.8 Å². The van der Waals surface area contributed by atoms with Crippen LogP contribution in [0.25, 0.3) is 5.65 Å². The Kier molecular flexibility index (Phi) is 6.07. The van der Waals surface area contributed by atoms with E-state index in [1.807, 2.05) is 11.4 Å². The topological polar surface area (TPSA) is 129 Å². The zero-order valence-corrected chi connectivity index (χ0v) is 19.0. The van der Waals surface area contributed by atoms with E-state index in [4.69, 9.17) is 11.6 Å². The molecule has 4 aromatic rings. The number of carbonyl (C=O) groups excluding carboxylic acids is 1. The van der Waals surface area contributed by atoms with Gasteiger partial charge >= 0.3 is 0 Å². The van der Waals surface area contributed by atoms with Gasteiger partial charge in [0.2, 0.25) is 0 Å². The molecule has 5 rings (SSSR count). The van der Waals surface area contributed by atoms with Gasteiger partial charge < -0.3 is 21.1 Å². The summed E-state index contributed by atoms with van der Waals surface area (Å²) in [4.78, 5) is 25.7. The maximum atomic E-state index is 13.0. The normalized spacial score (nSPS) is 18.2. The van der Waals surface area contributed by atoms with Crippen molar-refractivity contribution in [1.82, 2.24) is 24.6 Å². The summed E-state index contributed by atoms with van der Waals surface area (Å²) < 4.78 is 1.51. The van der Waals surface area contributed by atoms with E-state index in [0.29, 0.717) is 28.0 Å². The number of aromatic nitrogens is 5. The largest absolute Gasteiger partial charge is 0.393 e. The Morgan fingerprint density at radius 2 is 2.00 bits per heavy atom. The van der Waals surface area contributed by atoms with Crippen molar-refractivity contribution in [3.8, 4) is 0 Å². The third-order valence-corrected chi connectivity index (χ3v) is 6.30. The number of anilines is 4. The summed E-state index contributed by atoms with van der Waals surface area (Å²) >= 11 is 7.39. The van der Waals surface area contributed by atoms with Crippen molar-refractivity contribution in [2.75, 3.05) is 16.0 Å². The molecular formula is C21H21ClN8O2S. The number of nitrogens with one attached hydrogen (secondary N) is 3. The van der Waals surface area contributed by atoms with Gasteiger partial charge in [0.15, 0.2) is 16.5 Å². The number of aliphatic hydroxyl groups is 1. The fraction of sp³-hybridized carbons (Fsp3) is 0.286. The SMILES string of the molecule is O=C(Nc1ccnc(Cl)c1)c1cnc2c(Nc3nccs3)cc(N[C@H]3CC[C@H](O)CC3)nn12. The zero-order valence-electron chi connectivity index (χ0n) is 17.4. The molecule has 10 nitrogen and oxygen atoms in total. The van der Waals surface area contributed by atoms with E-state index in [-0.39, 0.29) is 28.9 Å². The number of halogens is 1. The molecule has 1 saturated carbocycles. The van der Waals surface area contributed by atoms with Crippen LogP contribution in [0, 0.1) is 0 Å². The molecule has 170 valence electrons. The van der Waals surface area contributed by atoms with Crippen molar-refractivity contribution in [1.29, 1.82) is 0 Å². The first kappa shape index (κ1) is 21.6. The van der Waals surface area contributed by atoms with Gasteiger partial charge in [-0.3, -0.25) is 4.79 Å². The molecule has 4 heterocycles. The third-order valence-electron chi connectivity index (χ3n) is 5.41. The molecule has 1 fully saturated rings. The lowest BCUT2D eigenvalue weighted by Gasteiger charge is -2.26. The molecule has 1 amide bonds. The molecule has 0 radical (unpaired) electrons. The van der Waals surface area contributed by atoms with Gasteiger partial charge in [-0.1, -0.05) is 11.6 Å². The zero-order chi connectivity index (χ0) is 22.8. The van der Waals surface area contributed by atoms with Crippen LogP contribution in [0.1, 0.15) is 36.2 Å². The number of pyridine rings is 1. The highest BCUT2D eigenvalue weighted by molar-refractivity contribution is 7.13. The van der Waals surface area contributed by atoms with Crippen LogP contribution in [0.2, 0.25) is 5.15 Å². The molecule has 33 heavy (non-hydrogen) atoms. The van der Waals surface area contributed by atoms with Crippen LogP contribution in [0.5, 0.6) is 0 Å². The lowest BCUT2D eigenvalue weighted by Crippen LogP contribution is -2.29. The summed E-state index contributed by atoms with van der Waals surface area (Å²) in [7, 11) is 0. The molecule has 0 spiro atoms. The number of hydrogen-bond donors (Lipinski definition) is 4. The summed E-state index contributed by atoms with van der Waals surface area (Å²) in [6.07, 6.45) is 7.65. The Morgan fingerprint density at radius 1 is 1.15 bits per heavy atom. The van der Waals surface area contributed by atoms with Crippen molar-refractivity contribution < 1.29 is 9.90 Å². The van der Waals surface area contributed by atoms with E-state index in [0.717, 1.165) is 25.7 Å². The van der Waals surface area contributed by atoms with E-state index in [9.17, 15) is 9.90 Å². The standard InChI is InChI=1S/C21H21ClN8O2S/c22-17-9-13(5-6-23-17)27-20(32)16-11-25-19-15(28-21-24-7-8-33-21)10-18(29-30(16)19)26-12-1-3-14(31)4-2-12/h5-12,14,31H,1-4H2,(H,24,28)(H,26,29)(H,23,27,32)/t12-,14-. The number of hydrogen-bond acceptors (Lipinski definition) is 9. The maximum Gasteiger partial charge on any atom is 0.276 e. The minimum absolute atomic E-state index is 0.186. The molecule has 0 bridgehead atoms. The average molecular weight is 485 g/mol. The first-order valence-electron chi connectivity index (χ1n) is 10.5. The first-order valence-corrected chi connectivity index (χ1v) is 11.7. The van der Waals surface area contributed by atoms with Crippen molar-refractivity contribution in [3.63, 3.8) is 0 Å². The summed E-state index contributed by atoms with van der Waals surface area (Å²) in [5.74, 6) is 0.220. The Balaban J connectivity index is 1.48. The van der Waals surface area contributed by atoms with Crippen molar-refractivity contribution in [2.24, 2.45) is 0 Å². The number of aliphatic hydroxyl groups excluding tert-OH is 1. The fourth-order valence-corrected chi connectivity index (χ4v) is 4.51. The summed E-state index contributed by atoms with van der Waals surface area (Å²) in [5, 5.41) is 26.8.